The molecule has 2 aliphatic heterocycles. The van der Waals surface area contributed by atoms with Gasteiger partial charge < -0.3 is 14.6 Å². The van der Waals surface area contributed by atoms with E-state index in [1.165, 1.54) is 5.69 Å². The van der Waals surface area contributed by atoms with Gasteiger partial charge in [-0.3, -0.25) is 9.69 Å². The van der Waals surface area contributed by atoms with Gasteiger partial charge in [0.1, 0.15) is 0 Å². The highest BCUT2D eigenvalue weighted by Crippen LogP contribution is 2.40. The number of piperidine rings is 1. The van der Waals surface area contributed by atoms with Crippen LogP contribution in [0.15, 0.2) is 12.5 Å². The fourth-order valence-electron chi connectivity index (χ4n) is 3.39. The Balaban J connectivity index is 0.000000298. The van der Waals surface area contributed by atoms with Crippen LogP contribution in [0.1, 0.15) is 25.0 Å². The Hall–Kier alpha value is -2.10. The Bertz CT molecular complexity index is 651. The fourth-order valence-corrected chi connectivity index (χ4v) is 3.39. The summed E-state index contributed by atoms with van der Waals surface area (Å²) < 4.78 is 33.8. The summed E-state index contributed by atoms with van der Waals surface area (Å²) in [4.78, 5) is 29.2. The Morgan fingerprint density at radius 2 is 1.88 bits per heavy atom. The molecule has 3 heterocycles. The van der Waals surface area contributed by atoms with E-state index in [-0.39, 0.29) is 5.41 Å². The first-order valence-electron chi connectivity index (χ1n) is 8.24. The number of aryl methyl sites for hydroxylation is 1. The lowest BCUT2D eigenvalue weighted by Gasteiger charge is -2.38. The number of carboxylic acids is 1. The van der Waals surface area contributed by atoms with E-state index in [2.05, 4.69) is 14.5 Å². The lowest BCUT2D eigenvalue weighted by molar-refractivity contribution is -0.192. The second kappa shape index (κ2) is 7.65. The fraction of sp³-hybridized carbons (Fsp3) is 0.688. The Kier molecular flexibility index (Phi) is 5.94. The molecule has 1 N–H and O–H groups in total. The van der Waals surface area contributed by atoms with Crippen molar-refractivity contribution in [3.8, 4) is 0 Å². The molecule has 1 spiro atoms. The van der Waals surface area contributed by atoms with Gasteiger partial charge in [0.15, 0.2) is 0 Å². The average Bonchev–Trinajstić information content (AvgIpc) is 3.06. The van der Waals surface area contributed by atoms with E-state index >= 15 is 0 Å². The zero-order valence-corrected chi connectivity index (χ0v) is 14.8. The first-order chi connectivity index (χ1) is 12.0. The van der Waals surface area contributed by atoms with Gasteiger partial charge in [-0.15, -0.1) is 0 Å². The molecule has 0 aromatic carbocycles. The van der Waals surface area contributed by atoms with Gasteiger partial charge in [-0.25, -0.2) is 9.78 Å². The summed E-state index contributed by atoms with van der Waals surface area (Å²) in [6, 6.07) is 0. The highest BCUT2D eigenvalue weighted by atomic mass is 19.4. The number of carbonyl (C=O) groups excluding carboxylic acids is 1. The van der Waals surface area contributed by atoms with Gasteiger partial charge in [0.2, 0.25) is 5.91 Å². The minimum atomic E-state index is -5.08. The van der Waals surface area contributed by atoms with E-state index in [1.807, 2.05) is 31.5 Å². The highest BCUT2D eigenvalue weighted by molar-refractivity contribution is 5.79. The van der Waals surface area contributed by atoms with E-state index in [0.29, 0.717) is 5.91 Å². The summed E-state index contributed by atoms with van der Waals surface area (Å²) in [5.74, 6) is -2.44. The Morgan fingerprint density at radius 3 is 2.27 bits per heavy atom. The molecular weight excluding hydrogens is 353 g/mol. The summed E-state index contributed by atoms with van der Waals surface area (Å²) in [7, 11) is 3.97. The molecule has 0 saturated carbocycles. The number of imidazole rings is 1. The van der Waals surface area contributed by atoms with Gasteiger partial charge in [-0.2, -0.15) is 13.2 Å². The predicted molar refractivity (Wildman–Crippen MR) is 86.1 cm³/mol. The van der Waals surface area contributed by atoms with Crippen molar-refractivity contribution >= 4 is 11.9 Å². The summed E-state index contributed by atoms with van der Waals surface area (Å²) >= 11 is 0. The van der Waals surface area contributed by atoms with E-state index in [9.17, 15) is 18.0 Å². The molecule has 1 amide bonds. The molecule has 0 unspecified atom stereocenters. The number of aliphatic carboxylic acids is 1. The maximum Gasteiger partial charge on any atom is 0.490 e. The molecule has 0 bridgehead atoms. The molecule has 2 fully saturated rings. The van der Waals surface area contributed by atoms with Crippen LogP contribution in [0, 0.1) is 5.41 Å². The summed E-state index contributed by atoms with van der Waals surface area (Å²) in [6.07, 6.45) is 1.74. The van der Waals surface area contributed by atoms with Crippen molar-refractivity contribution in [2.45, 2.75) is 32.0 Å². The van der Waals surface area contributed by atoms with Crippen LogP contribution in [0.3, 0.4) is 0 Å². The molecule has 1 aromatic rings. The average molecular weight is 376 g/mol. The number of alkyl halides is 3. The minimum Gasteiger partial charge on any atom is -0.475 e. The van der Waals surface area contributed by atoms with Crippen molar-refractivity contribution in [2.24, 2.45) is 12.5 Å². The van der Waals surface area contributed by atoms with Crippen molar-refractivity contribution in [2.75, 3.05) is 26.7 Å². The molecule has 10 heteroatoms. The summed E-state index contributed by atoms with van der Waals surface area (Å²) in [5, 5.41) is 7.12. The molecule has 146 valence electrons. The molecule has 3 rings (SSSR count). The van der Waals surface area contributed by atoms with Crippen molar-refractivity contribution in [3.05, 3.63) is 18.2 Å². The van der Waals surface area contributed by atoms with Gasteiger partial charge in [0, 0.05) is 39.8 Å². The van der Waals surface area contributed by atoms with Gasteiger partial charge in [0.25, 0.3) is 0 Å². The molecule has 0 radical (unpaired) electrons. The second-order valence-electron chi connectivity index (χ2n) is 7.00. The zero-order chi connectivity index (χ0) is 19.5. The minimum absolute atomic E-state index is 0.259. The van der Waals surface area contributed by atoms with Gasteiger partial charge >= 0.3 is 12.1 Å². The molecular formula is C16H23F3N4O3. The number of likely N-dealkylation sites (tertiary alicyclic amines) is 2. The molecule has 26 heavy (non-hydrogen) atoms. The number of hydrogen-bond donors (Lipinski definition) is 1. The number of carbonyl (C=O) groups is 2. The quantitative estimate of drug-likeness (QED) is 0.846. The standard InChI is InChI=1S/C14H22N4O.C2HF3O2/c1-16-10-14(7-13(16)19)3-5-18(6-4-14)9-12-8-15-11-17(12)2;3-2(4,5)1(6)7/h8,11H,3-7,9-10H2,1-2H3;(H,6,7). The van der Waals surface area contributed by atoms with Crippen molar-refractivity contribution in [1.82, 2.24) is 19.4 Å². The topological polar surface area (TPSA) is 78.7 Å². The van der Waals surface area contributed by atoms with Gasteiger partial charge in [-0.05, 0) is 31.3 Å². The van der Waals surface area contributed by atoms with Crippen LogP contribution in [0.25, 0.3) is 0 Å². The van der Waals surface area contributed by atoms with Crippen molar-refractivity contribution < 1.29 is 27.9 Å². The number of halogens is 3. The first kappa shape index (κ1) is 20.2. The molecule has 0 atom stereocenters. The number of hydrogen-bond acceptors (Lipinski definition) is 4. The molecule has 2 saturated heterocycles. The third-order valence-corrected chi connectivity index (χ3v) is 4.99. The first-order valence-corrected chi connectivity index (χ1v) is 8.24. The number of nitrogens with zero attached hydrogens (tertiary/aromatic N) is 4. The van der Waals surface area contributed by atoms with Gasteiger partial charge in [-0.1, -0.05) is 0 Å². The normalized spacial score (nSPS) is 20.2. The van der Waals surface area contributed by atoms with Crippen LogP contribution in [0.2, 0.25) is 0 Å². The van der Waals surface area contributed by atoms with Crippen LogP contribution in [-0.4, -0.2) is 69.2 Å². The molecule has 7 nitrogen and oxygen atoms in total. The van der Waals surface area contributed by atoms with Crippen molar-refractivity contribution in [1.29, 1.82) is 0 Å². The summed E-state index contributed by atoms with van der Waals surface area (Å²) in [5.41, 5.74) is 1.52. The van der Waals surface area contributed by atoms with E-state index in [1.54, 1.807) is 0 Å². The summed E-state index contributed by atoms with van der Waals surface area (Å²) in [6.45, 7) is 4.10. The Labute approximate surface area is 149 Å². The van der Waals surface area contributed by atoms with E-state index in [0.717, 1.165) is 45.4 Å². The number of aromatic nitrogens is 2. The third-order valence-electron chi connectivity index (χ3n) is 4.99. The maximum atomic E-state index is 11.7. The number of rotatable bonds is 2. The third kappa shape index (κ3) is 4.96. The highest BCUT2D eigenvalue weighted by Gasteiger charge is 2.43. The lowest BCUT2D eigenvalue weighted by Crippen LogP contribution is -2.41. The number of carboxylic acid groups (broad SMARTS) is 1. The van der Waals surface area contributed by atoms with E-state index in [4.69, 9.17) is 9.90 Å². The molecule has 0 aliphatic carbocycles. The molecule has 2 aliphatic rings. The lowest BCUT2D eigenvalue weighted by atomic mass is 9.77. The van der Waals surface area contributed by atoms with Crippen LogP contribution >= 0.6 is 0 Å². The second-order valence-corrected chi connectivity index (χ2v) is 7.00. The van der Waals surface area contributed by atoms with E-state index < -0.39 is 12.1 Å². The zero-order valence-electron chi connectivity index (χ0n) is 14.8. The monoisotopic (exact) mass is 376 g/mol. The Morgan fingerprint density at radius 1 is 1.31 bits per heavy atom. The predicted octanol–water partition coefficient (Wildman–Crippen LogP) is 1.50. The maximum absolute atomic E-state index is 11.7. The van der Waals surface area contributed by atoms with Crippen LogP contribution in [0.5, 0.6) is 0 Å². The largest absolute Gasteiger partial charge is 0.490 e. The van der Waals surface area contributed by atoms with Crippen LogP contribution in [-0.2, 0) is 23.2 Å². The van der Waals surface area contributed by atoms with Crippen LogP contribution < -0.4 is 0 Å². The molecule has 1 aromatic heterocycles. The van der Waals surface area contributed by atoms with Gasteiger partial charge in [0.05, 0.1) is 12.0 Å². The van der Waals surface area contributed by atoms with Crippen molar-refractivity contribution in [3.63, 3.8) is 0 Å². The van der Waals surface area contributed by atoms with Crippen LogP contribution in [0.4, 0.5) is 13.2 Å². The smallest absolute Gasteiger partial charge is 0.475 e. The SMILES string of the molecule is CN1CC2(CCN(Cc3cncn3C)CC2)CC1=O.O=C(O)C(F)(F)F. The number of amides is 1.